The third kappa shape index (κ3) is 2.12. The fraction of sp³-hybridized carbons (Fsp3) is 0.308. The maximum atomic E-state index is 11.9. The summed E-state index contributed by atoms with van der Waals surface area (Å²) in [5.74, 6) is -0.239. The van der Waals surface area contributed by atoms with Crippen molar-refractivity contribution in [1.29, 1.82) is 0 Å². The van der Waals surface area contributed by atoms with Gasteiger partial charge in [-0.05, 0) is 12.1 Å². The van der Waals surface area contributed by atoms with Gasteiger partial charge in [0.05, 0.1) is 17.7 Å². The molecule has 1 aliphatic heterocycles. The summed E-state index contributed by atoms with van der Waals surface area (Å²) in [7, 11) is 0. The molecule has 1 fully saturated rings. The second-order valence-electron chi connectivity index (χ2n) is 4.65. The third-order valence-corrected chi connectivity index (χ3v) is 3.28. The molecule has 1 aliphatic rings. The van der Waals surface area contributed by atoms with E-state index in [1.54, 1.807) is 9.58 Å². The number of aromatic nitrogens is 2. The van der Waals surface area contributed by atoms with E-state index in [2.05, 4.69) is 10.4 Å². The first-order chi connectivity index (χ1) is 9.69. The molecule has 0 atom stereocenters. The molecule has 0 radical (unpaired) electrons. The molecule has 0 aliphatic carbocycles. The molecule has 3 amide bonds. The average Bonchev–Trinajstić information content (AvgIpc) is 2.82. The topological polar surface area (TPSA) is 93.2 Å². The van der Waals surface area contributed by atoms with Crippen LogP contribution in [-0.2, 0) is 11.3 Å². The van der Waals surface area contributed by atoms with Gasteiger partial charge in [0, 0.05) is 31.1 Å². The van der Waals surface area contributed by atoms with Gasteiger partial charge in [0.1, 0.15) is 0 Å². The van der Waals surface area contributed by atoms with Crippen LogP contribution in [0.3, 0.4) is 0 Å². The van der Waals surface area contributed by atoms with E-state index in [1.165, 1.54) is 0 Å². The number of imide groups is 1. The van der Waals surface area contributed by atoms with Crippen molar-refractivity contribution in [2.75, 3.05) is 18.0 Å². The van der Waals surface area contributed by atoms with Crippen molar-refractivity contribution in [3.8, 4) is 0 Å². The van der Waals surface area contributed by atoms with E-state index in [-0.39, 0.29) is 11.9 Å². The highest BCUT2D eigenvalue weighted by Gasteiger charge is 2.25. The molecule has 0 bridgehead atoms. The van der Waals surface area contributed by atoms with Crippen LogP contribution in [0.15, 0.2) is 24.4 Å². The maximum absolute atomic E-state index is 11.9. The molecular formula is C13H15N5O2. The van der Waals surface area contributed by atoms with Crippen LogP contribution in [0.2, 0.25) is 0 Å². The van der Waals surface area contributed by atoms with Gasteiger partial charge in [0.15, 0.2) is 0 Å². The van der Waals surface area contributed by atoms with E-state index < -0.39 is 0 Å². The highest BCUT2D eigenvalue weighted by atomic mass is 16.2. The van der Waals surface area contributed by atoms with E-state index >= 15 is 0 Å². The fourth-order valence-electron chi connectivity index (χ4n) is 2.35. The minimum Gasteiger partial charge on any atom is -0.329 e. The molecule has 7 nitrogen and oxygen atoms in total. The molecule has 2 aromatic rings. The van der Waals surface area contributed by atoms with Crippen LogP contribution in [0.1, 0.15) is 6.42 Å². The van der Waals surface area contributed by atoms with E-state index in [0.717, 1.165) is 16.6 Å². The first-order valence-corrected chi connectivity index (χ1v) is 6.46. The van der Waals surface area contributed by atoms with Crippen molar-refractivity contribution >= 4 is 28.5 Å². The van der Waals surface area contributed by atoms with Crippen LogP contribution < -0.4 is 16.0 Å². The smallest absolute Gasteiger partial charge is 0.328 e. The summed E-state index contributed by atoms with van der Waals surface area (Å²) >= 11 is 0. The van der Waals surface area contributed by atoms with Gasteiger partial charge < -0.3 is 5.73 Å². The summed E-state index contributed by atoms with van der Waals surface area (Å²) in [6.45, 7) is 1.51. The van der Waals surface area contributed by atoms with Gasteiger partial charge in [-0.25, -0.2) is 4.79 Å². The molecule has 20 heavy (non-hydrogen) atoms. The molecule has 1 aromatic heterocycles. The zero-order chi connectivity index (χ0) is 14.1. The number of amides is 3. The minimum absolute atomic E-state index is 0.239. The Morgan fingerprint density at radius 1 is 1.35 bits per heavy atom. The van der Waals surface area contributed by atoms with Crippen LogP contribution >= 0.6 is 0 Å². The maximum Gasteiger partial charge on any atom is 0.328 e. The van der Waals surface area contributed by atoms with Gasteiger partial charge in [-0.1, -0.05) is 6.07 Å². The second kappa shape index (κ2) is 4.93. The average molecular weight is 273 g/mol. The van der Waals surface area contributed by atoms with E-state index in [1.807, 2.05) is 24.4 Å². The zero-order valence-electron chi connectivity index (χ0n) is 10.9. The van der Waals surface area contributed by atoms with Gasteiger partial charge in [0.25, 0.3) is 0 Å². The van der Waals surface area contributed by atoms with E-state index in [9.17, 15) is 9.59 Å². The lowest BCUT2D eigenvalue weighted by Gasteiger charge is -2.26. The van der Waals surface area contributed by atoms with Crippen molar-refractivity contribution in [3.05, 3.63) is 24.4 Å². The Bertz CT molecular complexity index is 678. The summed E-state index contributed by atoms with van der Waals surface area (Å²) in [5.41, 5.74) is 7.09. The highest BCUT2D eigenvalue weighted by Crippen LogP contribution is 2.27. The van der Waals surface area contributed by atoms with Crippen molar-refractivity contribution in [3.63, 3.8) is 0 Å². The summed E-state index contributed by atoms with van der Waals surface area (Å²) in [6, 6.07) is 5.20. The number of urea groups is 1. The van der Waals surface area contributed by atoms with Gasteiger partial charge in [-0.3, -0.25) is 19.7 Å². The lowest BCUT2D eigenvalue weighted by Crippen LogP contribution is -2.49. The predicted molar refractivity (Wildman–Crippen MR) is 74.3 cm³/mol. The number of rotatable bonds is 3. The lowest BCUT2D eigenvalue weighted by atomic mass is 10.2. The number of nitrogens with one attached hydrogen (secondary N) is 1. The Balaban J connectivity index is 2.02. The van der Waals surface area contributed by atoms with Gasteiger partial charge in [-0.2, -0.15) is 5.10 Å². The summed E-state index contributed by atoms with van der Waals surface area (Å²) in [6.07, 6.45) is 2.18. The highest BCUT2D eigenvalue weighted by molar-refractivity contribution is 6.09. The van der Waals surface area contributed by atoms with Gasteiger partial charge in [-0.15, -0.1) is 0 Å². The number of hydrogen-bond donors (Lipinski definition) is 2. The SMILES string of the molecule is NCCn1cc2c(N3CCC(=O)NC3=O)cccc2n1. The molecule has 0 unspecified atom stereocenters. The number of fused-ring (bicyclic) bond motifs is 1. The Kier molecular flexibility index (Phi) is 3.11. The van der Waals surface area contributed by atoms with Crippen molar-refractivity contribution < 1.29 is 9.59 Å². The summed E-state index contributed by atoms with van der Waals surface area (Å²) in [5, 5.41) is 7.61. The number of nitrogens with two attached hydrogens (primary N) is 1. The molecule has 0 spiro atoms. The number of anilines is 1. The molecule has 7 heteroatoms. The molecular weight excluding hydrogens is 258 g/mol. The lowest BCUT2D eigenvalue weighted by molar-refractivity contribution is -0.120. The number of carbonyl (C=O) groups excluding carboxylic acids is 2. The minimum atomic E-state index is -0.389. The Hall–Kier alpha value is -2.41. The number of benzene rings is 1. The van der Waals surface area contributed by atoms with Gasteiger partial charge >= 0.3 is 6.03 Å². The molecule has 0 saturated carbocycles. The largest absolute Gasteiger partial charge is 0.329 e. The molecule has 3 N–H and O–H groups in total. The molecule has 2 heterocycles. The summed E-state index contributed by atoms with van der Waals surface area (Å²) in [4.78, 5) is 24.7. The van der Waals surface area contributed by atoms with Crippen LogP contribution in [-0.4, -0.2) is 34.8 Å². The first kappa shape index (κ1) is 12.6. The van der Waals surface area contributed by atoms with Crippen molar-refractivity contribution in [2.45, 2.75) is 13.0 Å². The van der Waals surface area contributed by atoms with Crippen molar-refractivity contribution in [1.82, 2.24) is 15.1 Å². The quantitative estimate of drug-likeness (QED) is 0.848. The van der Waals surface area contributed by atoms with Crippen molar-refractivity contribution in [2.24, 2.45) is 5.73 Å². The van der Waals surface area contributed by atoms with E-state index in [0.29, 0.717) is 26.1 Å². The van der Waals surface area contributed by atoms with Crippen LogP contribution in [0.5, 0.6) is 0 Å². The van der Waals surface area contributed by atoms with Crippen LogP contribution in [0.4, 0.5) is 10.5 Å². The van der Waals surface area contributed by atoms with Crippen LogP contribution in [0, 0.1) is 0 Å². The predicted octanol–water partition coefficient (Wildman–Crippen LogP) is 0.441. The number of hydrogen-bond acceptors (Lipinski definition) is 4. The van der Waals surface area contributed by atoms with Gasteiger partial charge in [0.2, 0.25) is 5.91 Å². The normalized spacial score (nSPS) is 15.8. The Morgan fingerprint density at radius 3 is 2.95 bits per heavy atom. The Labute approximate surface area is 115 Å². The molecule has 1 saturated heterocycles. The second-order valence-corrected chi connectivity index (χ2v) is 4.65. The zero-order valence-corrected chi connectivity index (χ0v) is 10.9. The number of carbonyl (C=O) groups is 2. The molecule has 3 rings (SSSR count). The van der Waals surface area contributed by atoms with E-state index in [4.69, 9.17) is 5.73 Å². The Morgan fingerprint density at radius 2 is 2.20 bits per heavy atom. The third-order valence-electron chi connectivity index (χ3n) is 3.28. The summed E-state index contributed by atoms with van der Waals surface area (Å²) < 4.78 is 1.77. The molecule has 1 aromatic carbocycles. The monoisotopic (exact) mass is 273 g/mol. The molecule has 104 valence electrons. The standard InChI is InChI=1S/C13H15N5O2/c14-5-7-17-8-9-10(16-17)2-1-3-11(9)18-6-4-12(19)15-13(18)20/h1-3,8H,4-7,14H2,(H,15,19,20). The first-order valence-electron chi connectivity index (χ1n) is 6.46. The number of nitrogens with zero attached hydrogens (tertiary/aromatic N) is 3. The fourth-order valence-corrected chi connectivity index (χ4v) is 2.35. The van der Waals surface area contributed by atoms with Crippen LogP contribution in [0.25, 0.3) is 10.9 Å².